The summed E-state index contributed by atoms with van der Waals surface area (Å²) < 4.78 is 4.75. The molecular weight excluding hydrogens is 244 g/mol. The van der Waals surface area contributed by atoms with Crippen molar-refractivity contribution in [1.29, 1.82) is 0 Å². The maximum atomic E-state index is 11.3. The molecule has 0 unspecified atom stereocenters. The van der Waals surface area contributed by atoms with Crippen molar-refractivity contribution >= 4 is 17.3 Å². The molecule has 0 saturated carbocycles. The number of carbonyl (C=O) groups is 1. The zero-order chi connectivity index (χ0) is 13.5. The molecule has 6 heteroatoms. The van der Waals surface area contributed by atoms with Gasteiger partial charge in [-0.05, 0) is 24.3 Å². The number of carbonyl (C=O) groups excluding carboxylic acids is 1. The Morgan fingerprint density at radius 1 is 1.32 bits per heavy atom. The lowest BCUT2D eigenvalue weighted by molar-refractivity contribution is -0.119. The maximum absolute atomic E-state index is 11.3. The van der Waals surface area contributed by atoms with E-state index in [0.717, 1.165) is 17.1 Å². The lowest BCUT2D eigenvalue weighted by Gasteiger charge is -2.07. The number of ether oxygens (including phenoxy) is 1. The Kier molecular flexibility index (Phi) is 4.52. The molecule has 0 spiro atoms. The van der Waals surface area contributed by atoms with Gasteiger partial charge in [0, 0.05) is 24.7 Å². The topological polar surface area (TPSA) is 79.0 Å². The highest BCUT2D eigenvalue weighted by Crippen LogP contribution is 2.14. The average molecular weight is 260 g/mol. The van der Waals surface area contributed by atoms with Gasteiger partial charge in [-0.1, -0.05) is 0 Å². The van der Waals surface area contributed by atoms with Crippen molar-refractivity contribution in [2.24, 2.45) is 0 Å². The monoisotopic (exact) mass is 260 g/mol. The SMILES string of the molecule is COCC(=O)Nc1ccc(NCc2cnc[nH]2)cc1. The van der Waals surface area contributed by atoms with E-state index in [-0.39, 0.29) is 12.5 Å². The van der Waals surface area contributed by atoms with E-state index in [0.29, 0.717) is 6.54 Å². The van der Waals surface area contributed by atoms with Crippen molar-refractivity contribution in [3.8, 4) is 0 Å². The number of aromatic nitrogens is 2. The van der Waals surface area contributed by atoms with Crippen molar-refractivity contribution in [3.05, 3.63) is 42.5 Å². The fraction of sp³-hybridized carbons (Fsp3) is 0.231. The summed E-state index contributed by atoms with van der Waals surface area (Å²) in [4.78, 5) is 18.3. The van der Waals surface area contributed by atoms with Gasteiger partial charge in [0.2, 0.25) is 5.91 Å². The smallest absolute Gasteiger partial charge is 0.250 e. The van der Waals surface area contributed by atoms with Gasteiger partial charge in [-0.15, -0.1) is 0 Å². The normalized spacial score (nSPS) is 10.2. The quantitative estimate of drug-likeness (QED) is 0.737. The summed E-state index contributed by atoms with van der Waals surface area (Å²) in [5, 5.41) is 5.98. The summed E-state index contributed by atoms with van der Waals surface area (Å²) in [5.74, 6) is -0.166. The number of nitrogens with zero attached hydrogens (tertiary/aromatic N) is 1. The summed E-state index contributed by atoms with van der Waals surface area (Å²) in [6.07, 6.45) is 3.41. The molecule has 2 aromatic rings. The van der Waals surface area contributed by atoms with Crippen LogP contribution in [0.25, 0.3) is 0 Å². The van der Waals surface area contributed by atoms with E-state index >= 15 is 0 Å². The number of aromatic amines is 1. The average Bonchev–Trinajstić information content (AvgIpc) is 2.91. The molecule has 1 aromatic heterocycles. The molecule has 0 fully saturated rings. The summed E-state index contributed by atoms with van der Waals surface area (Å²) in [5.41, 5.74) is 2.73. The third-order valence-electron chi connectivity index (χ3n) is 2.48. The predicted octanol–water partition coefficient (Wildman–Crippen LogP) is 1.61. The van der Waals surface area contributed by atoms with Gasteiger partial charge < -0.3 is 20.4 Å². The Balaban J connectivity index is 1.85. The summed E-state index contributed by atoms with van der Waals surface area (Å²) in [6.45, 7) is 0.731. The van der Waals surface area contributed by atoms with Crippen LogP contribution in [-0.2, 0) is 16.1 Å². The van der Waals surface area contributed by atoms with E-state index < -0.39 is 0 Å². The molecule has 19 heavy (non-hydrogen) atoms. The Morgan fingerprint density at radius 2 is 2.05 bits per heavy atom. The van der Waals surface area contributed by atoms with E-state index in [1.165, 1.54) is 7.11 Å². The van der Waals surface area contributed by atoms with Gasteiger partial charge >= 0.3 is 0 Å². The molecule has 0 bridgehead atoms. The van der Waals surface area contributed by atoms with Crippen molar-refractivity contribution in [2.45, 2.75) is 6.54 Å². The van der Waals surface area contributed by atoms with Crippen molar-refractivity contribution in [1.82, 2.24) is 9.97 Å². The Bertz CT molecular complexity index is 508. The number of benzene rings is 1. The highest BCUT2D eigenvalue weighted by molar-refractivity contribution is 5.91. The lowest BCUT2D eigenvalue weighted by atomic mass is 10.2. The second-order valence-corrected chi connectivity index (χ2v) is 3.99. The minimum Gasteiger partial charge on any atom is -0.379 e. The number of amides is 1. The Labute approximate surface area is 111 Å². The van der Waals surface area contributed by atoms with E-state index in [1.54, 1.807) is 12.5 Å². The predicted molar refractivity (Wildman–Crippen MR) is 72.9 cm³/mol. The summed E-state index contributed by atoms with van der Waals surface area (Å²) >= 11 is 0. The molecule has 0 aliphatic rings. The van der Waals surface area contributed by atoms with Crippen LogP contribution in [0.2, 0.25) is 0 Å². The Hall–Kier alpha value is -2.34. The number of methoxy groups -OCH3 is 1. The first-order chi connectivity index (χ1) is 9.28. The van der Waals surface area contributed by atoms with Gasteiger partial charge in [-0.2, -0.15) is 0 Å². The number of nitrogens with one attached hydrogen (secondary N) is 3. The van der Waals surface area contributed by atoms with Crippen LogP contribution in [0.3, 0.4) is 0 Å². The number of hydrogen-bond donors (Lipinski definition) is 3. The van der Waals surface area contributed by atoms with Gasteiger partial charge in [-0.3, -0.25) is 4.79 Å². The first kappa shape index (κ1) is 13.1. The minimum absolute atomic E-state index is 0.0554. The third kappa shape index (κ3) is 4.11. The van der Waals surface area contributed by atoms with Gasteiger partial charge in [0.1, 0.15) is 6.61 Å². The molecule has 2 rings (SSSR count). The van der Waals surface area contributed by atoms with Crippen molar-refractivity contribution in [2.75, 3.05) is 24.4 Å². The first-order valence-electron chi connectivity index (χ1n) is 5.88. The molecule has 3 N–H and O–H groups in total. The molecule has 0 radical (unpaired) electrons. The first-order valence-corrected chi connectivity index (χ1v) is 5.88. The molecule has 0 aliphatic heterocycles. The number of rotatable bonds is 6. The van der Waals surface area contributed by atoms with E-state index in [1.807, 2.05) is 24.3 Å². The largest absolute Gasteiger partial charge is 0.379 e. The number of hydrogen-bond acceptors (Lipinski definition) is 4. The van der Waals surface area contributed by atoms with Crippen LogP contribution < -0.4 is 10.6 Å². The molecule has 0 atom stereocenters. The van der Waals surface area contributed by atoms with E-state index in [9.17, 15) is 4.79 Å². The van der Waals surface area contributed by atoms with Crippen LogP contribution in [-0.4, -0.2) is 29.6 Å². The molecule has 100 valence electrons. The van der Waals surface area contributed by atoms with Gasteiger partial charge in [-0.25, -0.2) is 4.98 Å². The van der Waals surface area contributed by atoms with E-state index in [2.05, 4.69) is 20.6 Å². The molecule has 6 nitrogen and oxygen atoms in total. The van der Waals surface area contributed by atoms with Crippen LogP contribution >= 0.6 is 0 Å². The number of imidazole rings is 1. The molecule has 0 saturated heterocycles. The molecule has 1 heterocycles. The fourth-order valence-corrected chi connectivity index (χ4v) is 1.58. The minimum atomic E-state index is -0.166. The summed E-state index contributed by atoms with van der Waals surface area (Å²) in [7, 11) is 1.49. The number of anilines is 2. The molecule has 1 aromatic carbocycles. The zero-order valence-corrected chi connectivity index (χ0v) is 10.6. The second kappa shape index (κ2) is 6.55. The van der Waals surface area contributed by atoms with E-state index in [4.69, 9.17) is 4.74 Å². The van der Waals surface area contributed by atoms with Crippen LogP contribution in [0.1, 0.15) is 5.69 Å². The second-order valence-electron chi connectivity index (χ2n) is 3.99. The van der Waals surface area contributed by atoms with Gasteiger partial charge in [0.25, 0.3) is 0 Å². The maximum Gasteiger partial charge on any atom is 0.250 e. The van der Waals surface area contributed by atoms with Crippen LogP contribution in [0.5, 0.6) is 0 Å². The van der Waals surface area contributed by atoms with Crippen molar-refractivity contribution < 1.29 is 9.53 Å². The molecule has 1 amide bonds. The van der Waals surface area contributed by atoms with Gasteiger partial charge in [0.15, 0.2) is 0 Å². The number of H-pyrrole nitrogens is 1. The van der Waals surface area contributed by atoms with Gasteiger partial charge in [0.05, 0.1) is 18.6 Å². The Morgan fingerprint density at radius 3 is 2.68 bits per heavy atom. The zero-order valence-electron chi connectivity index (χ0n) is 10.6. The lowest BCUT2D eigenvalue weighted by Crippen LogP contribution is -2.16. The molecular formula is C13H16N4O2. The van der Waals surface area contributed by atoms with Crippen LogP contribution in [0, 0.1) is 0 Å². The molecule has 0 aliphatic carbocycles. The van der Waals surface area contributed by atoms with Crippen molar-refractivity contribution in [3.63, 3.8) is 0 Å². The van der Waals surface area contributed by atoms with Crippen LogP contribution in [0.4, 0.5) is 11.4 Å². The fourth-order valence-electron chi connectivity index (χ4n) is 1.58. The summed E-state index contributed by atoms with van der Waals surface area (Å²) in [6, 6.07) is 7.48. The van der Waals surface area contributed by atoms with Crippen LogP contribution in [0.15, 0.2) is 36.8 Å². The highest BCUT2D eigenvalue weighted by Gasteiger charge is 2.01. The third-order valence-corrected chi connectivity index (χ3v) is 2.48. The highest BCUT2D eigenvalue weighted by atomic mass is 16.5. The standard InChI is InChI=1S/C13H16N4O2/c1-19-8-13(18)17-11-4-2-10(3-5-11)15-7-12-6-14-9-16-12/h2-6,9,15H,7-8H2,1H3,(H,14,16)(H,17,18).